The Morgan fingerprint density at radius 1 is 1.00 bits per heavy atom. The number of rotatable bonds is 4. The lowest BCUT2D eigenvalue weighted by Crippen LogP contribution is -2.50. The Morgan fingerprint density at radius 2 is 1.71 bits per heavy atom. The minimum atomic E-state index is -3.66. The molecule has 0 radical (unpaired) electrons. The highest BCUT2D eigenvalue weighted by Gasteiger charge is 2.32. The molecule has 1 amide bonds. The van der Waals surface area contributed by atoms with Crippen molar-refractivity contribution in [3.63, 3.8) is 0 Å². The molecule has 31 heavy (non-hydrogen) atoms. The predicted octanol–water partition coefficient (Wildman–Crippen LogP) is 2.68. The minimum Gasteiger partial charge on any atom is -0.335 e. The maximum absolute atomic E-state index is 13.0. The van der Waals surface area contributed by atoms with Crippen LogP contribution in [-0.4, -0.2) is 64.7 Å². The number of amides is 1. The molecule has 1 aliphatic heterocycles. The lowest BCUT2D eigenvalue weighted by Gasteiger charge is -2.33. The lowest BCUT2D eigenvalue weighted by molar-refractivity contribution is 0.0691. The Bertz CT molecular complexity index is 1230. The van der Waals surface area contributed by atoms with Crippen molar-refractivity contribution in [2.24, 2.45) is 0 Å². The van der Waals surface area contributed by atoms with Crippen LogP contribution in [0, 0.1) is 13.8 Å². The molecule has 1 fully saturated rings. The molecule has 3 aromatic rings. The normalized spacial score (nSPS) is 15.3. The molecular weight excluding hydrogens is 438 g/mol. The van der Waals surface area contributed by atoms with Crippen molar-refractivity contribution in [3.8, 4) is 5.69 Å². The van der Waals surface area contributed by atoms with Gasteiger partial charge in [-0.15, -0.1) is 5.10 Å². The van der Waals surface area contributed by atoms with Gasteiger partial charge in [0.1, 0.15) is 0 Å². The summed E-state index contributed by atoms with van der Waals surface area (Å²) in [6.45, 7) is 4.73. The number of carbonyl (C=O) groups is 1. The molecule has 0 aliphatic carbocycles. The SMILES string of the molecule is Cc1cccc(-n2nnc(C(=O)N3CCN(S(=O)(=O)c4cccc(Cl)c4)CC3)c2C)c1. The van der Waals surface area contributed by atoms with E-state index < -0.39 is 10.0 Å². The first-order valence-corrected chi connectivity index (χ1v) is 11.6. The Labute approximate surface area is 186 Å². The van der Waals surface area contributed by atoms with E-state index in [4.69, 9.17) is 11.6 Å². The number of sulfonamides is 1. The fraction of sp³-hybridized carbons (Fsp3) is 0.286. The molecule has 1 saturated heterocycles. The molecule has 1 aromatic heterocycles. The van der Waals surface area contributed by atoms with E-state index in [1.54, 1.807) is 28.6 Å². The van der Waals surface area contributed by atoms with Crippen LogP contribution in [0.1, 0.15) is 21.7 Å². The first-order valence-electron chi connectivity index (χ1n) is 9.82. The lowest BCUT2D eigenvalue weighted by atomic mass is 10.2. The van der Waals surface area contributed by atoms with Crippen LogP contribution in [0.5, 0.6) is 0 Å². The summed E-state index contributed by atoms with van der Waals surface area (Å²) in [5.41, 5.74) is 2.83. The van der Waals surface area contributed by atoms with Gasteiger partial charge in [0, 0.05) is 31.2 Å². The van der Waals surface area contributed by atoms with E-state index in [0.29, 0.717) is 10.7 Å². The third kappa shape index (κ3) is 4.21. The number of carbonyl (C=O) groups excluding carboxylic acids is 1. The highest BCUT2D eigenvalue weighted by molar-refractivity contribution is 7.89. The number of halogens is 1. The van der Waals surface area contributed by atoms with Crippen LogP contribution in [-0.2, 0) is 10.0 Å². The van der Waals surface area contributed by atoms with Crippen LogP contribution in [0.4, 0.5) is 0 Å². The summed E-state index contributed by atoms with van der Waals surface area (Å²) in [6.07, 6.45) is 0. The molecule has 8 nitrogen and oxygen atoms in total. The monoisotopic (exact) mass is 459 g/mol. The van der Waals surface area contributed by atoms with Crippen molar-refractivity contribution in [3.05, 3.63) is 70.5 Å². The molecule has 4 rings (SSSR count). The van der Waals surface area contributed by atoms with Gasteiger partial charge in [0.15, 0.2) is 5.69 Å². The smallest absolute Gasteiger partial charge is 0.276 e. The fourth-order valence-electron chi connectivity index (χ4n) is 3.59. The third-order valence-electron chi connectivity index (χ3n) is 5.30. The molecule has 2 aromatic carbocycles. The predicted molar refractivity (Wildman–Crippen MR) is 117 cm³/mol. The second-order valence-electron chi connectivity index (χ2n) is 7.43. The average molecular weight is 460 g/mol. The van der Waals surface area contributed by atoms with Gasteiger partial charge in [-0.2, -0.15) is 4.31 Å². The van der Waals surface area contributed by atoms with Crippen molar-refractivity contribution in [2.75, 3.05) is 26.2 Å². The molecule has 0 spiro atoms. The maximum Gasteiger partial charge on any atom is 0.276 e. The van der Waals surface area contributed by atoms with Crippen molar-refractivity contribution < 1.29 is 13.2 Å². The zero-order valence-corrected chi connectivity index (χ0v) is 18.8. The number of hydrogen-bond acceptors (Lipinski definition) is 5. The Morgan fingerprint density at radius 3 is 2.39 bits per heavy atom. The molecule has 0 N–H and O–H groups in total. The highest BCUT2D eigenvalue weighted by Crippen LogP contribution is 2.22. The Balaban J connectivity index is 1.48. The maximum atomic E-state index is 13.0. The summed E-state index contributed by atoms with van der Waals surface area (Å²) in [5.74, 6) is -0.254. The van der Waals surface area contributed by atoms with E-state index in [-0.39, 0.29) is 42.7 Å². The zero-order valence-electron chi connectivity index (χ0n) is 17.2. The molecule has 0 saturated carbocycles. The van der Waals surface area contributed by atoms with Gasteiger partial charge in [-0.25, -0.2) is 13.1 Å². The molecule has 0 atom stereocenters. The summed E-state index contributed by atoms with van der Waals surface area (Å²) in [7, 11) is -3.66. The first-order chi connectivity index (χ1) is 14.8. The molecule has 162 valence electrons. The van der Waals surface area contributed by atoms with Crippen LogP contribution in [0.3, 0.4) is 0 Å². The van der Waals surface area contributed by atoms with Crippen molar-refractivity contribution in [2.45, 2.75) is 18.7 Å². The summed E-state index contributed by atoms with van der Waals surface area (Å²) in [5, 5.41) is 8.61. The number of aromatic nitrogens is 3. The second kappa shape index (κ2) is 8.41. The van der Waals surface area contributed by atoms with Crippen LogP contribution in [0.2, 0.25) is 5.02 Å². The number of nitrogens with zero attached hydrogens (tertiary/aromatic N) is 5. The van der Waals surface area contributed by atoms with E-state index in [2.05, 4.69) is 10.3 Å². The van der Waals surface area contributed by atoms with Gasteiger partial charge >= 0.3 is 0 Å². The van der Waals surface area contributed by atoms with E-state index >= 15 is 0 Å². The summed E-state index contributed by atoms with van der Waals surface area (Å²) in [6, 6.07) is 14.0. The van der Waals surface area contributed by atoms with Crippen LogP contribution in [0.15, 0.2) is 53.4 Å². The molecule has 1 aliphatic rings. The minimum absolute atomic E-state index is 0.150. The summed E-state index contributed by atoms with van der Waals surface area (Å²) >= 11 is 5.94. The quantitative estimate of drug-likeness (QED) is 0.598. The van der Waals surface area contributed by atoms with Gasteiger partial charge < -0.3 is 4.90 Å². The van der Waals surface area contributed by atoms with Gasteiger partial charge in [0.05, 0.1) is 16.3 Å². The van der Waals surface area contributed by atoms with E-state index in [9.17, 15) is 13.2 Å². The van der Waals surface area contributed by atoms with Gasteiger partial charge in [0.25, 0.3) is 5.91 Å². The highest BCUT2D eigenvalue weighted by atomic mass is 35.5. The van der Waals surface area contributed by atoms with Crippen LogP contribution < -0.4 is 0 Å². The van der Waals surface area contributed by atoms with Crippen molar-refractivity contribution in [1.29, 1.82) is 0 Å². The standard InChI is InChI=1S/C21H22ClN5O3S/c1-15-5-3-7-18(13-15)27-16(2)20(23-24-27)21(28)25-9-11-26(12-10-25)31(29,30)19-8-4-6-17(22)14-19/h3-8,13-14H,9-12H2,1-2H3. The third-order valence-corrected chi connectivity index (χ3v) is 7.43. The van der Waals surface area contributed by atoms with Gasteiger partial charge in [-0.05, 0) is 49.7 Å². The number of hydrogen-bond donors (Lipinski definition) is 0. The van der Waals surface area contributed by atoms with Crippen LogP contribution in [0.25, 0.3) is 5.69 Å². The van der Waals surface area contributed by atoms with Crippen molar-refractivity contribution in [1.82, 2.24) is 24.2 Å². The second-order valence-corrected chi connectivity index (χ2v) is 9.80. The van der Waals surface area contributed by atoms with Crippen LogP contribution >= 0.6 is 11.6 Å². The number of piperazine rings is 1. The van der Waals surface area contributed by atoms with E-state index in [0.717, 1.165) is 11.3 Å². The Hall–Kier alpha value is -2.75. The van der Waals surface area contributed by atoms with Gasteiger partial charge in [-0.1, -0.05) is 35.0 Å². The van der Waals surface area contributed by atoms with Gasteiger partial charge in [-0.3, -0.25) is 4.79 Å². The fourth-order valence-corrected chi connectivity index (χ4v) is 5.31. The first kappa shape index (κ1) is 21.5. The van der Waals surface area contributed by atoms with E-state index in [1.807, 2.05) is 31.2 Å². The summed E-state index contributed by atoms with van der Waals surface area (Å²) < 4.78 is 28.7. The molecule has 0 bridgehead atoms. The molecule has 2 heterocycles. The molecular formula is C21H22ClN5O3S. The average Bonchev–Trinajstić information content (AvgIpc) is 3.14. The van der Waals surface area contributed by atoms with Gasteiger partial charge in [0.2, 0.25) is 10.0 Å². The Kier molecular flexibility index (Phi) is 5.83. The molecule has 10 heteroatoms. The number of aryl methyl sites for hydroxylation is 1. The largest absolute Gasteiger partial charge is 0.335 e. The molecule has 0 unspecified atom stereocenters. The summed E-state index contributed by atoms with van der Waals surface area (Å²) in [4.78, 5) is 14.8. The zero-order chi connectivity index (χ0) is 22.2. The van der Waals surface area contributed by atoms with Crippen molar-refractivity contribution >= 4 is 27.5 Å². The number of benzene rings is 2. The topological polar surface area (TPSA) is 88.4 Å². The van der Waals surface area contributed by atoms with E-state index in [1.165, 1.54) is 16.4 Å².